The largest absolute Gasteiger partial charge is 0.379 e. The molecule has 5 nitrogen and oxygen atoms in total. The molecule has 2 heterocycles. The van der Waals surface area contributed by atoms with E-state index in [0.29, 0.717) is 6.04 Å². The number of likely N-dealkylation sites (tertiary alicyclic amines) is 1. The van der Waals surface area contributed by atoms with Crippen LogP contribution in [0.25, 0.3) is 0 Å². The summed E-state index contributed by atoms with van der Waals surface area (Å²) < 4.78 is 5.37. The van der Waals surface area contributed by atoms with E-state index >= 15 is 0 Å². The van der Waals surface area contributed by atoms with Gasteiger partial charge in [-0.2, -0.15) is 0 Å². The maximum atomic E-state index is 6.12. The van der Waals surface area contributed by atoms with Crippen LogP contribution in [-0.4, -0.2) is 67.7 Å². The van der Waals surface area contributed by atoms with Gasteiger partial charge in [0.25, 0.3) is 0 Å². The molecular weight excluding hydrogens is 240 g/mol. The first-order valence-corrected chi connectivity index (χ1v) is 7.53. The molecule has 2 unspecified atom stereocenters. The Morgan fingerprint density at radius 1 is 1.37 bits per heavy atom. The van der Waals surface area contributed by atoms with Crippen LogP contribution in [0.3, 0.4) is 0 Å². The summed E-state index contributed by atoms with van der Waals surface area (Å²) in [7, 11) is 0. The first-order chi connectivity index (χ1) is 9.16. The highest BCUT2D eigenvalue weighted by atomic mass is 16.5. The Balaban J connectivity index is 1.79. The molecule has 0 aliphatic carbocycles. The van der Waals surface area contributed by atoms with E-state index in [4.69, 9.17) is 10.5 Å². The highest BCUT2D eigenvalue weighted by molar-refractivity contribution is 5.78. The fourth-order valence-corrected chi connectivity index (χ4v) is 2.86. The van der Waals surface area contributed by atoms with Gasteiger partial charge in [-0.3, -0.25) is 9.89 Å². The Labute approximate surface area is 116 Å². The zero-order chi connectivity index (χ0) is 13.7. The Bertz CT molecular complexity index is 302. The van der Waals surface area contributed by atoms with Gasteiger partial charge in [-0.05, 0) is 25.7 Å². The molecule has 0 aromatic heterocycles. The fourth-order valence-electron chi connectivity index (χ4n) is 2.86. The molecule has 2 aliphatic heterocycles. The van der Waals surface area contributed by atoms with Gasteiger partial charge in [0, 0.05) is 32.2 Å². The number of ether oxygens (including phenoxy) is 1. The summed E-state index contributed by atoms with van der Waals surface area (Å²) in [6.45, 7) is 11.1. The van der Waals surface area contributed by atoms with Crippen LogP contribution >= 0.6 is 0 Å². The Kier molecular flexibility index (Phi) is 5.45. The number of nitrogens with two attached hydrogens (primary N) is 1. The second kappa shape index (κ2) is 7.10. The van der Waals surface area contributed by atoms with Crippen LogP contribution in [0.5, 0.6) is 0 Å². The van der Waals surface area contributed by atoms with Crippen molar-refractivity contribution in [2.45, 2.75) is 32.7 Å². The van der Waals surface area contributed by atoms with Crippen LogP contribution in [-0.2, 0) is 4.74 Å². The molecule has 5 heteroatoms. The van der Waals surface area contributed by atoms with E-state index in [1.165, 1.54) is 12.8 Å². The normalized spacial score (nSPS) is 28.4. The summed E-state index contributed by atoms with van der Waals surface area (Å²) in [4.78, 5) is 9.26. The van der Waals surface area contributed by atoms with Gasteiger partial charge >= 0.3 is 0 Å². The van der Waals surface area contributed by atoms with E-state index < -0.39 is 0 Å². The van der Waals surface area contributed by atoms with E-state index in [-0.39, 0.29) is 0 Å². The van der Waals surface area contributed by atoms with E-state index in [9.17, 15) is 0 Å². The van der Waals surface area contributed by atoms with Crippen LogP contribution in [0.1, 0.15) is 26.7 Å². The average Bonchev–Trinajstić information content (AvgIpc) is 2.45. The number of piperidine rings is 1. The highest BCUT2D eigenvalue weighted by Crippen LogP contribution is 2.15. The molecule has 0 amide bonds. The van der Waals surface area contributed by atoms with Gasteiger partial charge in [0.05, 0.1) is 19.8 Å². The molecule has 110 valence electrons. The summed E-state index contributed by atoms with van der Waals surface area (Å²) in [5, 5.41) is 0. The minimum absolute atomic E-state index is 0.449. The minimum atomic E-state index is 0.449. The molecule has 0 aromatic carbocycles. The lowest BCUT2D eigenvalue weighted by molar-refractivity contribution is 0.0220. The van der Waals surface area contributed by atoms with Gasteiger partial charge in [0.2, 0.25) is 0 Å². The van der Waals surface area contributed by atoms with Crippen LogP contribution in [0.4, 0.5) is 0 Å². The molecule has 2 N–H and O–H groups in total. The molecule has 2 rings (SSSR count). The van der Waals surface area contributed by atoms with Gasteiger partial charge in [0.1, 0.15) is 0 Å². The standard InChI is InChI=1S/C14H28N4O/c1-12-4-3-5-18(11-12)14(15)16-10-13(2)17-6-8-19-9-7-17/h12-13H,3-11H2,1-2H3,(H2,15,16). The van der Waals surface area contributed by atoms with Crippen molar-refractivity contribution < 1.29 is 4.74 Å². The van der Waals surface area contributed by atoms with Crippen molar-refractivity contribution in [1.82, 2.24) is 9.80 Å². The lowest BCUT2D eigenvalue weighted by Crippen LogP contribution is -2.46. The van der Waals surface area contributed by atoms with E-state index in [0.717, 1.165) is 57.8 Å². The Hall–Kier alpha value is -0.810. The number of hydrogen-bond donors (Lipinski definition) is 1. The summed E-state index contributed by atoms with van der Waals surface area (Å²) in [6, 6.07) is 0.449. The lowest BCUT2D eigenvalue weighted by atomic mass is 10.0. The van der Waals surface area contributed by atoms with Crippen LogP contribution in [0, 0.1) is 5.92 Å². The smallest absolute Gasteiger partial charge is 0.191 e. The van der Waals surface area contributed by atoms with Gasteiger partial charge in [0.15, 0.2) is 5.96 Å². The molecule has 0 radical (unpaired) electrons. The van der Waals surface area contributed by atoms with Crippen LogP contribution in [0.15, 0.2) is 4.99 Å². The third kappa shape index (κ3) is 4.35. The maximum absolute atomic E-state index is 6.12. The van der Waals surface area contributed by atoms with E-state index in [2.05, 4.69) is 28.6 Å². The van der Waals surface area contributed by atoms with Crippen molar-refractivity contribution in [1.29, 1.82) is 0 Å². The third-order valence-electron chi connectivity index (χ3n) is 4.17. The van der Waals surface area contributed by atoms with Crippen molar-refractivity contribution in [3.63, 3.8) is 0 Å². The number of morpholine rings is 1. The van der Waals surface area contributed by atoms with Crippen molar-refractivity contribution in [2.75, 3.05) is 45.9 Å². The predicted octanol–water partition coefficient (Wildman–Crippen LogP) is 0.754. The van der Waals surface area contributed by atoms with Crippen LogP contribution in [0.2, 0.25) is 0 Å². The Morgan fingerprint density at radius 2 is 2.11 bits per heavy atom. The molecule has 2 fully saturated rings. The quantitative estimate of drug-likeness (QED) is 0.606. The summed E-state index contributed by atoms with van der Waals surface area (Å²) in [5.41, 5.74) is 6.12. The molecule has 2 atom stereocenters. The highest BCUT2D eigenvalue weighted by Gasteiger charge is 2.19. The number of hydrogen-bond acceptors (Lipinski definition) is 3. The molecule has 2 saturated heterocycles. The SMILES string of the molecule is CC1CCCN(C(N)=NCC(C)N2CCOCC2)C1. The van der Waals surface area contributed by atoms with Gasteiger partial charge < -0.3 is 15.4 Å². The lowest BCUT2D eigenvalue weighted by Gasteiger charge is -2.33. The molecule has 19 heavy (non-hydrogen) atoms. The van der Waals surface area contributed by atoms with Crippen molar-refractivity contribution in [3.05, 3.63) is 0 Å². The topological polar surface area (TPSA) is 54.1 Å². The molecule has 0 saturated carbocycles. The van der Waals surface area contributed by atoms with Gasteiger partial charge in [-0.15, -0.1) is 0 Å². The summed E-state index contributed by atoms with van der Waals surface area (Å²) in [5.74, 6) is 1.46. The van der Waals surface area contributed by atoms with Crippen LogP contribution < -0.4 is 5.73 Å². The van der Waals surface area contributed by atoms with E-state index in [1.54, 1.807) is 0 Å². The second-order valence-corrected chi connectivity index (χ2v) is 5.89. The maximum Gasteiger partial charge on any atom is 0.191 e. The van der Waals surface area contributed by atoms with Crippen molar-refractivity contribution >= 4 is 5.96 Å². The second-order valence-electron chi connectivity index (χ2n) is 5.89. The van der Waals surface area contributed by atoms with E-state index in [1.807, 2.05) is 0 Å². The predicted molar refractivity (Wildman–Crippen MR) is 78.3 cm³/mol. The Morgan fingerprint density at radius 3 is 2.79 bits per heavy atom. The fraction of sp³-hybridized carbons (Fsp3) is 0.929. The average molecular weight is 268 g/mol. The molecular formula is C14H28N4O. The van der Waals surface area contributed by atoms with Crippen molar-refractivity contribution in [2.24, 2.45) is 16.6 Å². The minimum Gasteiger partial charge on any atom is -0.379 e. The first kappa shape index (κ1) is 14.6. The summed E-state index contributed by atoms with van der Waals surface area (Å²) >= 11 is 0. The van der Waals surface area contributed by atoms with Gasteiger partial charge in [-0.1, -0.05) is 6.92 Å². The third-order valence-corrected chi connectivity index (χ3v) is 4.17. The molecule has 0 aromatic rings. The molecule has 0 spiro atoms. The van der Waals surface area contributed by atoms with Gasteiger partial charge in [-0.25, -0.2) is 0 Å². The molecule has 0 bridgehead atoms. The summed E-state index contributed by atoms with van der Waals surface area (Å²) in [6.07, 6.45) is 2.55. The zero-order valence-electron chi connectivity index (χ0n) is 12.3. The monoisotopic (exact) mass is 268 g/mol. The number of aliphatic imine (C=N–C) groups is 1. The number of guanidine groups is 1. The molecule has 2 aliphatic rings. The zero-order valence-corrected chi connectivity index (χ0v) is 12.3. The first-order valence-electron chi connectivity index (χ1n) is 7.53. The number of nitrogens with zero attached hydrogens (tertiary/aromatic N) is 3. The van der Waals surface area contributed by atoms with Crippen molar-refractivity contribution in [3.8, 4) is 0 Å². The number of rotatable bonds is 3.